The smallest absolute Gasteiger partial charge is 0.244 e. The van der Waals surface area contributed by atoms with Gasteiger partial charge in [-0.05, 0) is 29.3 Å². The van der Waals surface area contributed by atoms with E-state index >= 15 is 0 Å². The number of hydrogen-bond donors (Lipinski definition) is 5. The van der Waals surface area contributed by atoms with Gasteiger partial charge in [0.2, 0.25) is 5.91 Å². The zero-order chi connectivity index (χ0) is 23.8. The predicted molar refractivity (Wildman–Crippen MR) is 119 cm³/mol. The number of carbonyl (C=O) groups is 1. The monoisotopic (exact) mass is 459 g/mol. The second-order valence-corrected chi connectivity index (χ2v) is 7.58. The van der Waals surface area contributed by atoms with Crippen molar-refractivity contribution < 1.29 is 39.4 Å². The van der Waals surface area contributed by atoms with Gasteiger partial charge in [0.15, 0.2) is 6.29 Å². The first kappa shape index (κ1) is 24.8. The number of ether oxygens (including phenoxy) is 3. The van der Waals surface area contributed by atoms with Crippen LogP contribution in [0.25, 0.3) is 6.08 Å². The van der Waals surface area contributed by atoms with Crippen molar-refractivity contribution in [1.82, 2.24) is 5.32 Å². The molecule has 0 aromatic heterocycles. The van der Waals surface area contributed by atoms with E-state index in [0.717, 1.165) is 5.56 Å². The Morgan fingerprint density at radius 1 is 1.06 bits per heavy atom. The molecule has 6 atom stereocenters. The molecule has 1 saturated heterocycles. The Morgan fingerprint density at radius 2 is 1.76 bits per heavy atom. The summed E-state index contributed by atoms with van der Waals surface area (Å²) >= 11 is 0. The topological polar surface area (TPSA) is 138 Å². The van der Waals surface area contributed by atoms with Crippen molar-refractivity contribution in [1.29, 1.82) is 0 Å². The first-order chi connectivity index (χ1) is 15.9. The third kappa shape index (κ3) is 6.61. The predicted octanol–water partition coefficient (Wildman–Crippen LogP) is 0.382. The maximum absolute atomic E-state index is 12.3. The molecule has 3 rings (SSSR count). The lowest BCUT2D eigenvalue weighted by Gasteiger charge is -2.40. The molecule has 33 heavy (non-hydrogen) atoms. The summed E-state index contributed by atoms with van der Waals surface area (Å²) in [7, 11) is 1.54. The summed E-state index contributed by atoms with van der Waals surface area (Å²) in [5.41, 5.74) is 1.53. The maximum atomic E-state index is 12.3. The third-order valence-electron chi connectivity index (χ3n) is 5.32. The standard InChI is InChI=1S/C24H29NO8/c1-31-17-10-8-16(9-11-17)18(13-25-20(27)12-7-15-5-3-2-4-6-15)32-24-23(30)22(29)21(28)19(14-26)33-24/h2-12,18-19,21-24,26,28-30H,13-14H2,1H3,(H,25,27). The van der Waals surface area contributed by atoms with Crippen LogP contribution in [-0.4, -0.2) is 77.3 Å². The second-order valence-electron chi connectivity index (χ2n) is 7.58. The van der Waals surface area contributed by atoms with Crippen LogP contribution in [0.3, 0.4) is 0 Å². The lowest BCUT2D eigenvalue weighted by atomic mass is 9.99. The molecule has 0 bridgehead atoms. The van der Waals surface area contributed by atoms with Crippen molar-refractivity contribution in [3.8, 4) is 5.75 Å². The van der Waals surface area contributed by atoms with Crippen molar-refractivity contribution >= 4 is 12.0 Å². The number of rotatable bonds is 9. The van der Waals surface area contributed by atoms with E-state index < -0.39 is 43.4 Å². The average molecular weight is 459 g/mol. The molecule has 5 N–H and O–H groups in total. The molecule has 0 aliphatic carbocycles. The minimum atomic E-state index is -1.57. The molecule has 0 saturated carbocycles. The quantitative estimate of drug-likeness (QED) is 0.340. The summed E-state index contributed by atoms with van der Waals surface area (Å²) in [5.74, 6) is 0.273. The van der Waals surface area contributed by atoms with Gasteiger partial charge < -0.3 is 40.0 Å². The first-order valence-corrected chi connectivity index (χ1v) is 10.5. The van der Waals surface area contributed by atoms with Crippen molar-refractivity contribution in [3.05, 3.63) is 71.8 Å². The van der Waals surface area contributed by atoms with E-state index in [9.17, 15) is 25.2 Å². The van der Waals surface area contributed by atoms with Gasteiger partial charge in [0, 0.05) is 12.6 Å². The van der Waals surface area contributed by atoms with E-state index in [1.54, 1.807) is 30.3 Å². The molecule has 0 spiro atoms. The molecular weight excluding hydrogens is 430 g/mol. The number of amides is 1. The number of aliphatic hydroxyl groups excluding tert-OH is 4. The van der Waals surface area contributed by atoms with Gasteiger partial charge in [0.1, 0.15) is 36.3 Å². The Labute approximate surface area is 191 Å². The highest BCUT2D eigenvalue weighted by atomic mass is 16.7. The summed E-state index contributed by atoms with van der Waals surface area (Å²) in [4.78, 5) is 12.3. The highest BCUT2D eigenvalue weighted by Gasteiger charge is 2.44. The third-order valence-corrected chi connectivity index (χ3v) is 5.32. The summed E-state index contributed by atoms with van der Waals surface area (Å²) in [6, 6.07) is 16.3. The number of carbonyl (C=O) groups excluding carboxylic acids is 1. The molecule has 0 radical (unpaired) electrons. The Balaban J connectivity index is 1.72. The van der Waals surface area contributed by atoms with E-state index in [-0.39, 0.29) is 12.5 Å². The van der Waals surface area contributed by atoms with Crippen LogP contribution < -0.4 is 10.1 Å². The van der Waals surface area contributed by atoms with Crippen LogP contribution >= 0.6 is 0 Å². The normalized spacial score (nSPS) is 26.2. The van der Waals surface area contributed by atoms with Crippen LogP contribution in [0.4, 0.5) is 0 Å². The van der Waals surface area contributed by atoms with Crippen LogP contribution in [0.1, 0.15) is 17.2 Å². The van der Waals surface area contributed by atoms with Crippen molar-refractivity contribution in [2.75, 3.05) is 20.3 Å². The fourth-order valence-electron chi connectivity index (χ4n) is 3.39. The zero-order valence-electron chi connectivity index (χ0n) is 18.2. The summed E-state index contributed by atoms with van der Waals surface area (Å²) in [6.07, 6.45) is -4.76. The Morgan fingerprint density at radius 3 is 2.39 bits per heavy atom. The lowest BCUT2D eigenvalue weighted by Crippen LogP contribution is -2.59. The van der Waals surface area contributed by atoms with Gasteiger partial charge in [-0.25, -0.2) is 0 Å². The van der Waals surface area contributed by atoms with Gasteiger partial charge >= 0.3 is 0 Å². The Kier molecular flexibility index (Phi) is 8.95. The molecule has 1 fully saturated rings. The zero-order valence-corrected chi connectivity index (χ0v) is 18.2. The molecule has 6 unspecified atom stereocenters. The van der Waals surface area contributed by atoms with Gasteiger partial charge in [-0.2, -0.15) is 0 Å². The lowest BCUT2D eigenvalue weighted by molar-refractivity contribution is -0.311. The fraction of sp³-hybridized carbons (Fsp3) is 0.375. The highest BCUT2D eigenvalue weighted by molar-refractivity contribution is 5.91. The Hall–Kier alpha value is -2.79. The fourth-order valence-corrected chi connectivity index (χ4v) is 3.39. The largest absolute Gasteiger partial charge is 0.497 e. The minimum Gasteiger partial charge on any atom is -0.497 e. The molecule has 2 aromatic carbocycles. The number of methoxy groups -OCH3 is 1. The summed E-state index contributed by atoms with van der Waals surface area (Å²) < 4.78 is 16.5. The number of hydrogen-bond acceptors (Lipinski definition) is 8. The molecule has 9 nitrogen and oxygen atoms in total. The van der Waals surface area contributed by atoms with Crippen LogP contribution in [0, 0.1) is 0 Å². The molecule has 1 heterocycles. The molecule has 1 aliphatic rings. The van der Waals surface area contributed by atoms with Crippen LogP contribution in [-0.2, 0) is 14.3 Å². The molecule has 2 aromatic rings. The van der Waals surface area contributed by atoms with E-state index in [1.807, 2.05) is 30.3 Å². The van der Waals surface area contributed by atoms with E-state index in [2.05, 4.69) is 5.32 Å². The van der Waals surface area contributed by atoms with Crippen molar-refractivity contribution in [2.24, 2.45) is 0 Å². The number of aliphatic hydroxyl groups is 4. The van der Waals surface area contributed by atoms with Gasteiger partial charge in [0.25, 0.3) is 0 Å². The van der Waals surface area contributed by atoms with Crippen molar-refractivity contribution in [3.63, 3.8) is 0 Å². The first-order valence-electron chi connectivity index (χ1n) is 10.5. The maximum Gasteiger partial charge on any atom is 0.244 e. The van der Waals surface area contributed by atoms with Gasteiger partial charge in [-0.15, -0.1) is 0 Å². The highest BCUT2D eigenvalue weighted by Crippen LogP contribution is 2.28. The van der Waals surface area contributed by atoms with Gasteiger partial charge in [-0.3, -0.25) is 4.79 Å². The summed E-state index contributed by atoms with van der Waals surface area (Å²) in [5, 5.41) is 42.5. The molecule has 178 valence electrons. The average Bonchev–Trinajstić information content (AvgIpc) is 2.85. The number of nitrogens with one attached hydrogen (secondary N) is 1. The SMILES string of the molecule is COc1ccc(C(CNC(=O)C=Cc2ccccc2)OC2OC(CO)C(O)C(O)C2O)cc1. The van der Waals surface area contributed by atoms with Crippen LogP contribution in [0.5, 0.6) is 5.75 Å². The summed E-state index contributed by atoms with van der Waals surface area (Å²) in [6.45, 7) is -0.543. The number of benzene rings is 2. The van der Waals surface area contributed by atoms with E-state index in [4.69, 9.17) is 14.2 Å². The molecule has 1 amide bonds. The molecule has 9 heteroatoms. The van der Waals surface area contributed by atoms with Gasteiger partial charge in [0.05, 0.1) is 13.7 Å². The Bertz CT molecular complexity index is 902. The van der Waals surface area contributed by atoms with E-state index in [0.29, 0.717) is 11.3 Å². The second kappa shape index (κ2) is 11.9. The van der Waals surface area contributed by atoms with Gasteiger partial charge in [-0.1, -0.05) is 42.5 Å². The molecule has 1 aliphatic heterocycles. The minimum absolute atomic E-state index is 0.0271. The van der Waals surface area contributed by atoms with Crippen molar-refractivity contribution in [2.45, 2.75) is 36.8 Å². The van der Waals surface area contributed by atoms with Crippen LogP contribution in [0.15, 0.2) is 60.7 Å². The molecular formula is C24H29NO8. The van der Waals surface area contributed by atoms with Crippen LogP contribution in [0.2, 0.25) is 0 Å². The van der Waals surface area contributed by atoms with E-state index in [1.165, 1.54) is 13.2 Å².